The van der Waals surface area contributed by atoms with Gasteiger partial charge in [-0.3, -0.25) is 4.79 Å². The Balaban J connectivity index is 2.16. The number of nitrogens with one attached hydrogen (secondary N) is 1. The van der Waals surface area contributed by atoms with Gasteiger partial charge in [-0.05, 0) is 11.8 Å². The van der Waals surface area contributed by atoms with Crippen LogP contribution in [-0.4, -0.2) is 61.9 Å². The summed E-state index contributed by atoms with van der Waals surface area (Å²) in [6.07, 6.45) is 0. The quantitative estimate of drug-likeness (QED) is 0.812. The van der Waals surface area contributed by atoms with Crippen molar-refractivity contribution in [2.75, 3.05) is 27.2 Å². The Labute approximate surface area is 149 Å². The molecule has 2 heterocycles. The van der Waals surface area contributed by atoms with E-state index in [1.165, 1.54) is 14.1 Å². The molecule has 2 rings (SSSR count). The lowest BCUT2D eigenvalue weighted by Crippen LogP contribution is -2.46. The first kappa shape index (κ1) is 19.9. The predicted molar refractivity (Wildman–Crippen MR) is 94.4 cm³/mol. The third kappa shape index (κ3) is 4.39. The van der Waals surface area contributed by atoms with Gasteiger partial charge in [-0.25, -0.2) is 0 Å². The summed E-state index contributed by atoms with van der Waals surface area (Å²) in [5.74, 6) is 0.850. The van der Waals surface area contributed by atoms with E-state index in [0.29, 0.717) is 18.8 Å². The van der Waals surface area contributed by atoms with Crippen LogP contribution in [0.25, 0.3) is 0 Å². The SMILES string of the molecule is CC(C)c1cc(C(=O)N2C[C@@H](NS(=O)(=O)N(C)C)[C@H](C(C)C)C2)no1. The maximum Gasteiger partial charge on any atom is 0.279 e. The van der Waals surface area contributed by atoms with Crippen LogP contribution in [0.1, 0.15) is 49.9 Å². The summed E-state index contributed by atoms with van der Waals surface area (Å²) in [7, 11) is -0.599. The molecule has 0 bridgehead atoms. The zero-order chi connectivity index (χ0) is 18.9. The highest BCUT2D eigenvalue weighted by Gasteiger charge is 2.40. The van der Waals surface area contributed by atoms with Gasteiger partial charge in [0.2, 0.25) is 0 Å². The molecule has 1 amide bonds. The highest BCUT2D eigenvalue weighted by atomic mass is 32.2. The van der Waals surface area contributed by atoms with Gasteiger partial charge in [0.05, 0.1) is 0 Å². The molecule has 1 aliphatic heterocycles. The first-order chi connectivity index (χ1) is 11.5. The first-order valence-electron chi connectivity index (χ1n) is 8.48. The molecule has 1 saturated heterocycles. The Morgan fingerprint density at radius 3 is 2.44 bits per heavy atom. The van der Waals surface area contributed by atoms with Gasteiger partial charge in [-0.2, -0.15) is 17.4 Å². The normalized spacial score (nSPS) is 21.7. The molecular formula is C16H28N4O4S. The van der Waals surface area contributed by atoms with Crippen molar-refractivity contribution in [3.63, 3.8) is 0 Å². The lowest BCUT2D eigenvalue weighted by molar-refractivity contribution is 0.0772. The number of rotatable bonds is 6. The monoisotopic (exact) mass is 372 g/mol. The fraction of sp³-hybridized carbons (Fsp3) is 0.750. The number of hydrogen-bond donors (Lipinski definition) is 1. The Kier molecular flexibility index (Phi) is 5.90. The van der Waals surface area contributed by atoms with Crippen LogP contribution < -0.4 is 4.72 Å². The number of nitrogens with zero attached hydrogens (tertiary/aromatic N) is 3. The molecule has 1 aromatic rings. The summed E-state index contributed by atoms with van der Waals surface area (Å²) in [6.45, 7) is 8.79. The third-order valence-corrected chi connectivity index (χ3v) is 6.17. The van der Waals surface area contributed by atoms with Gasteiger partial charge < -0.3 is 9.42 Å². The van der Waals surface area contributed by atoms with Crippen LogP contribution in [0.5, 0.6) is 0 Å². The van der Waals surface area contributed by atoms with E-state index >= 15 is 0 Å². The van der Waals surface area contributed by atoms with Crippen molar-refractivity contribution < 1.29 is 17.7 Å². The molecule has 0 unspecified atom stereocenters. The number of likely N-dealkylation sites (tertiary alicyclic amines) is 1. The summed E-state index contributed by atoms with van der Waals surface area (Å²) in [4.78, 5) is 14.4. The fourth-order valence-corrected chi connectivity index (χ4v) is 3.76. The van der Waals surface area contributed by atoms with Gasteiger partial charge in [0.1, 0.15) is 5.76 Å². The van der Waals surface area contributed by atoms with E-state index in [1.807, 2.05) is 27.7 Å². The molecule has 0 aromatic carbocycles. The number of carbonyl (C=O) groups excluding carboxylic acids is 1. The van der Waals surface area contributed by atoms with E-state index in [-0.39, 0.29) is 35.4 Å². The van der Waals surface area contributed by atoms with Gasteiger partial charge >= 0.3 is 0 Å². The largest absolute Gasteiger partial charge is 0.360 e. The predicted octanol–water partition coefficient (Wildman–Crippen LogP) is 1.29. The number of aromatic nitrogens is 1. The van der Waals surface area contributed by atoms with Gasteiger partial charge in [0, 0.05) is 45.2 Å². The molecule has 9 heteroatoms. The molecule has 142 valence electrons. The van der Waals surface area contributed by atoms with Gasteiger partial charge in [-0.1, -0.05) is 32.9 Å². The van der Waals surface area contributed by atoms with Crippen LogP contribution in [-0.2, 0) is 10.2 Å². The van der Waals surface area contributed by atoms with Crippen molar-refractivity contribution >= 4 is 16.1 Å². The van der Waals surface area contributed by atoms with Crippen LogP contribution in [0.3, 0.4) is 0 Å². The van der Waals surface area contributed by atoms with Crippen LogP contribution in [0.4, 0.5) is 0 Å². The minimum Gasteiger partial charge on any atom is -0.360 e. The molecule has 1 aromatic heterocycles. The van der Waals surface area contributed by atoms with E-state index in [4.69, 9.17) is 4.52 Å². The lowest BCUT2D eigenvalue weighted by atomic mass is 9.92. The second-order valence-corrected chi connectivity index (χ2v) is 9.32. The van der Waals surface area contributed by atoms with E-state index in [2.05, 4.69) is 9.88 Å². The molecule has 1 N–H and O–H groups in total. The second kappa shape index (κ2) is 7.43. The first-order valence-corrected chi connectivity index (χ1v) is 9.92. The maximum atomic E-state index is 12.7. The van der Waals surface area contributed by atoms with Gasteiger partial charge in [-0.15, -0.1) is 0 Å². The van der Waals surface area contributed by atoms with Crippen molar-refractivity contribution in [3.8, 4) is 0 Å². The zero-order valence-electron chi connectivity index (χ0n) is 15.7. The number of amides is 1. The van der Waals surface area contributed by atoms with Crippen LogP contribution >= 0.6 is 0 Å². The Morgan fingerprint density at radius 1 is 1.32 bits per heavy atom. The lowest BCUT2D eigenvalue weighted by Gasteiger charge is -2.24. The van der Waals surface area contributed by atoms with Crippen molar-refractivity contribution in [2.45, 2.75) is 39.7 Å². The van der Waals surface area contributed by atoms with Gasteiger partial charge in [0.15, 0.2) is 5.69 Å². The Hall–Kier alpha value is -1.45. The van der Waals surface area contributed by atoms with Crippen LogP contribution in [0.15, 0.2) is 10.6 Å². The minimum absolute atomic E-state index is 0.0372. The second-order valence-electron chi connectivity index (χ2n) is 7.40. The molecule has 25 heavy (non-hydrogen) atoms. The molecule has 2 atom stereocenters. The molecule has 1 aliphatic rings. The highest BCUT2D eigenvalue weighted by Crippen LogP contribution is 2.27. The van der Waals surface area contributed by atoms with E-state index in [1.54, 1.807) is 11.0 Å². The van der Waals surface area contributed by atoms with Crippen molar-refractivity contribution in [1.82, 2.24) is 19.1 Å². The molecule has 0 spiro atoms. The van der Waals surface area contributed by atoms with Crippen LogP contribution in [0.2, 0.25) is 0 Å². The van der Waals surface area contributed by atoms with E-state index < -0.39 is 10.2 Å². The summed E-state index contributed by atoms with van der Waals surface area (Å²) in [6, 6.07) is 1.34. The molecule has 1 fully saturated rings. The molecule has 0 saturated carbocycles. The maximum absolute atomic E-state index is 12.7. The third-order valence-electron chi connectivity index (χ3n) is 4.61. The molecule has 0 aliphatic carbocycles. The summed E-state index contributed by atoms with van der Waals surface area (Å²) >= 11 is 0. The van der Waals surface area contributed by atoms with E-state index in [9.17, 15) is 13.2 Å². The topological polar surface area (TPSA) is 95.8 Å². The average molecular weight is 372 g/mol. The Morgan fingerprint density at radius 2 is 1.96 bits per heavy atom. The molecular weight excluding hydrogens is 344 g/mol. The average Bonchev–Trinajstić information content (AvgIpc) is 3.12. The van der Waals surface area contributed by atoms with Crippen LogP contribution in [0, 0.1) is 11.8 Å². The highest BCUT2D eigenvalue weighted by molar-refractivity contribution is 7.87. The number of carbonyl (C=O) groups is 1. The number of hydrogen-bond acceptors (Lipinski definition) is 5. The Bertz CT molecular complexity index is 711. The van der Waals surface area contributed by atoms with Crippen molar-refractivity contribution in [2.24, 2.45) is 11.8 Å². The summed E-state index contributed by atoms with van der Waals surface area (Å²) < 4.78 is 33.4. The summed E-state index contributed by atoms with van der Waals surface area (Å²) in [5.41, 5.74) is 0.266. The van der Waals surface area contributed by atoms with Crippen molar-refractivity contribution in [1.29, 1.82) is 0 Å². The molecule has 0 radical (unpaired) electrons. The zero-order valence-corrected chi connectivity index (χ0v) is 16.5. The summed E-state index contributed by atoms with van der Waals surface area (Å²) in [5, 5.41) is 3.87. The minimum atomic E-state index is -3.56. The molecule has 8 nitrogen and oxygen atoms in total. The van der Waals surface area contributed by atoms with Gasteiger partial charge in [0.25, 0.3) is 16.1 Å². The fourth-order valence-electron chi connectivity index (χ4n) is 2.92. The van der Waals surface area contributed by atoms with E-state index in [0.717, 1.165) is 4.31 Å². The standard InChI is InChI=1S/C16H28N4O4S/c1-10(2)12-8-20(9-14(12)18-25(22,23)19(5)6)16(21)13-7-15(11(3)4)24-17-13/h7,10-12,14,18H,8-9H2,1-6H3/t12-,14+/m0/s1. The smallest absolute Gasteiger partial charge is 0.279 e. The van der Waals surface area contributed by atoms with Crippen molar-refractivity contribution in [3.05, 3.63) is 17.5 Å².